The van der Waals surface area contributed by atoms with Crippen LogP contribution in [0.2, 0.25) is 0 Å². The van der Waals surface area contributed by atoms with Crippen LogP contribution in [0.25, 0.3) is 0 Å². The lowest BCUT2D eigenvalue weighted by molar-refractivity contribution is -0.139. The van der Waals surface area contributed by atoms with E-state index in [-0.39, 0.29) is 12.5 Å². The Hall–Kier alpha value is -4.60. The van der Waals surface area contributed by atoms with Crippen LogP contribution >= 0.6 is 0 Å². The van der Waals surface area contributed by atoms with Crippen molar-refractivity contribution in [3.63, 3.8) is 0 Å². The quantitative estimate of drug-likeness (QED) is 0.341. The Balaban J connectivity index is 1.69. The Morgan fingerprint density at radius 1 is 0.872 bits per heavy atom. The van der Waals surface area contributed by atoms with Gasteiger partial charge >= 0.3 is 12.1 Å². The molecule has 39 heavy (non-hydrogen) atoms. The molecule has 5 rings (SSSR count). The molecule has 0 saturated heterocycles. The fourth-order valence-corrected chi connectivity index (χ4v) is 5.20. The summed E-state index contributed by atoms with van der Waals surface area (Å²) in [6, 6.07) is 16.2. The summed E-state index contributed by atoms with van der Waals surface area (Å²) in [7, 11) is 1.49. The molecule has 3 atom stereocenters. The first-order valence-electron chi connectivity index (χ1n) is 12.5. The van der Waals surface area contributed by atoms with Crippen LogP contribution in [0.5, 0.6) is 28.7 Å². The number of methoxy groups -OCH3 is 1. The average molecular weight is 537 g/mol. The van der Waals surface area contributed by atoms with Gasteiger partial charge in [0.15, 0.2) is 18.1 Å². The second-order valence-electron chi connectivity index (χ2n) is 9.14. The topological polar surface area (TPSA) is 130 Å². The first kappa shape index (κ1) is 26.0. The summed E-state index contributed by atoms with van der Waals surface area (Å²) in [4.78, 5) is 23.4. The maximum Gasteiger partial charge on any atom is 0.506 e. The van der Waals surface area contributed by atoms with Crippen LogP contribution in [0.15, 0.2) is 54.6 Å². The molecule has 0 aromatic heterocycles. The highest BCUT2D eigenvalue weighted by molar-refractivity contribution is 5.69. The van der Waals surface area contributed by atoms with Gasteiger partial charge in [-0.05, 0) is 53.4 Å². The van der Waals surface area contributed by atoms with Gasteiger partial charge < -0.3 is 38.6 Å². The van der Waals surface area contributed by atoms with E-state index in [0.29, 0.717) is 35.2 Å². The lowest BCUT2D eigenvalue weighted by Gasteiger charge is -2.26. The molecule has 1 aliphatic heterocycles. The van der Waals surface area contributed by atoms with Gasteiger partial charge in [-0.3, -0.25) is 0 Å². The van der Waals surface area contributed by atoms with E-state index in [1.165, 1.54) is 7.11 Å². The molecular weight excluding hydrogens is 508 g/mol. The van der Waals surface area contributed by atoms with Gasteiger partial charge in [0.25, 0.3) is 0 Å². The van der Waals surface area contributed by atoms with Gasteiger partial charge in [-0.1, -0.05) is 25.1 Å². The Morgan fingerprint density at radius 2 is 1.64 bits per heavy atom. The predicted molar refractivity (Wildman–Crippen MR) is 138 cm³/mol. The molecule has 1 aliphatic carbocycles. The lowest BCUT2D eigenvalue weighted by atomic mass is 9.86. The van der Waals surface area contributed by atoms with Crippen molar-refractivity contribution in [1.82, 2.24) is 0 Å². The summed E-state index contributed by atoms with van der Waals surface area (Å²) < 4.78 is 33.6. The summed E-state index contributed by atoms with van der Waals surface area (Å²) in [6.45, 7) is 2.03. The molecule has 0 fully saturated rings. The highest BCUT2D eigenvalue weighted by Gasteiger charge is 2.46. The molecule has 0 amide bonds. The standard InChI is InChI=1S/C29H28O10/c1-3-10-35-18-6-7-19-21(12-18)27(20-8-5-17(34-2)13-23(20)36-14-25(30)31)28(39-29(32)33)26(19)16-4-9-22-24(11-16)38-15-37-22/h4-9,11-13,26-28H,3,10,14-15H2,1-2H3,(H,30,31)(H,32,33)/t26-,27+,28+/m0/s1. The fourth-order valence-electron chi connectivity index (χ4n) is 5.20. The molecule has 204 valence electrons. The van der Waals surface area contributed by atoms with Crippen LogP contribution in [0.1, 0.15) is 47.4 Å². The molecule has 1 heterocycles. The van der Waals surface area contributed by atoms with E-state index < -0.39 is 36.7 Å². The molecular formula is C29H28O10. The zero-order chi connectivity index (χ0) is 27.5. The number of hydrogen-bond donors (Lipinski definition) is 2. The highest BCUT2D eigenvalue weighted by atomic mass is 16.7. The molecule has 10 nitrogen and oxygen atoms in total. The summed E-state index contributed by atoms with van der Waals surface area (Å²) in [6.07, 6.45) is -1.54. The summed E-state index contributed by atoms with van der Waals surface area (Å²) in [5.41, 5.74) is 2.95. The number of carbonyl (C=O) groups is 2. The van der Waals surface area contributed by atoms with Crippen molar-refractivity contribution < 1.29 is 48.2 Å². The molecule has 2 aliphatic rings. The van der Waals surface area contributed by atoms with E-state index in [4.69, 9.17) is 28.4 Å². The third-order valence-corrected chi connectivity index (χ3v) is 6.76. The van der Waals surface area contributed by atoms with Gasteiger partial charge in [-0.15, -0.1) is 0 Å². The highest BCUT2D eigenvalue weighted by Crippen LogP contribution is 2.53. The second-order valence-corrected chi connectivity index (χ2v) is 9.14. The fraction of sp³-hybridized carbons (Fsp3) is 0.310. The van der Waals surface area contributed by atoms with E-state index >= 15 is 0 Å². The van der Waals surface area contributed by atoms with Crippen molar-refractivity contribution in [3.8, 4) is 28.7 Å². The Bertz CT molecular complexity index is 1380. The zero-order valence-electron chi connectivity index (χ0n) is 21.4. The predicted octanol–water partition coefficient (Wildman–Crippen LogP) is 5.02. The maximum atomic E-state index is 12.0. The van der Waals surface area contributed by atoms with Crippen LogP contribution in [0, 0.1) is 0 Å². The Labute approximate surface area is 224 Å². The molecule has 3 aromatic rings. The monoisotopic (exact) mass is 536 g/mol. The van der Waals surface area contributed by atoms with Gasteiger partial charge in [-0.25, -0.2) is 9.59 Å². The van der Waals surface area contributed by atoms with E-state index in [1.54, 1.807) is 24.3 Å². The van der Waals surface area contributed by atoms with Crippen molar-refractivity contribution in [1.29, 1.82) is 0 Å². The van der Waals surface area contributed by atoms with E-state index in [0.717, 1.165) is 23.1 Å². The number of hydrogen-bond acceptors (Lipinski definition) is 8. The van der Waals surface area contributed by atoms with Gasteiger partial charge in [0.05, 0.1) is 19.6 Å². The van der Waals surface area contributed by atoms with Crippen molar-refractivity contribution >= 4 is 12.1 Å². The molecule has 0 radical (unpaired) electrons. The van der Waals surface area contributed by atoms with Crippen LogP contribution in [0.3, 0.4) is 0 Å². The smallest absolute Gasteiger partial charge is 0.497 e. The third kappa shape index (κ3) is 5.22. The number of carboxylic acids is 1. The van der Waals surface area contributed by atoms with E-state index in [2.05, 4.69) is 0 Å². The van der Waals surface area contributed by atoms with Crippen molar-refractivity contribution in [2.45, 2.75) is 31.3 Å². The van der Waals surface area contributed by atoms with Gasteiger partial charge in [0.1, 0.15) is 23.4 Å². The molecule has 3 aromatic carbocycles. The van der Waals surface area contributed by atoms with Crippen molar-refractivity contribution in [2.24, 2.45) is 0 Å². The molecule has 0 spiro atoms. The van der Waals surface area contributed by atoms with Gasteiger partial charge in [-0.2, -0.15) is 0 Å². The number of rotatable bonds is 10. The number of carboxylic acid groups (broad SMARTS) is 2. The normalized spacial score (nSPS) is 18.8. The van der Waals surface area contributed by atoms with Crippen molar-refractivity contribution in [2.75, 3.05) is 27.1 Å². The summed E-state index contributed by atoms with van der Waals surface area (Å²) >= 11 is 0. The number of benzene rings is 3. The minimum absolute atomic E-state index is 0.103. The van der Waals surface area contributed by atoms with E-state index in [1.807, 2.05) is 37.3 Å². The average Bonchev–Trinajstić information content (AvgIpc) is 3.51. The minimum Gasteiger partial charge on any atom is -0.497 e. The first-order valence-corrected chi connectivity index (χ1v) is 12.5. The number of ether oxygens (including phenoxy) is 6. The molecule has 0 bridgehead atoms. The van der Waals surface area contributed by atoms with Crippen LogP contribution in [0.4, 0.5) is 4.79 Å². The van der Waals surface area contributed by atoms with Gasteiger partial charge in [0.2, 0.25) is 6.79 Å². The number of fused-ring (bicyclic) bond motifs is 2. The third-order valence-electron chi connectivity index (χ3n) is 6.76. The van der Waals surface area contributed by atoms with Gasteiger partial charge in [0, 0.05) is 17.5 Å². The molecule has 0 saturated carbocycles. The molecule has 10 heteroatoms. The zero-order valence-corrected chi connectivity index (χ0v) is 21.4. The SMILES string of the molecule is CCCOc1ccc2c(c1)[C@@H](c1ccc(OC)cc1OCC(=O)O)[C@H](OC(=O)O)[C@H]2c1ccc2c(c1)OCO2. The second kappa shape index (κ2) is 11.0. The largest absolute Gasteiger partial charge is 0.506 e. The first-order chi connectivity index (χ1) is 18.9. The minimum atomic E-state index is -1.44. The molecule has 0 unspecified atom stereocenters. The maximum absolute atomic E-state index is 12.0. The Morgan fingerprint density at radius 3 is 2.38 bits per heavy atom. The molecule has 2 N–H and O–H groups in total. The van der Waals surface area contributed by atoms with Crippen molar-refractivity contribution in [3.05, 3.63) is 76.9 Å². The summed E-state index contributed by atoms with van der Waals surface area (Å²) in [5, 5.41) is 19.1. The number of aliphatic carboxylic acids is 1. The van der Waals surface area contributed by atoms with E-state index in [9.17, 15) is 19.8 Å². The summed E-state index contributed by atoms with van der Waals surface area (Å²) in [5.74, 6) is 0.191. The lowest BCUT2D eigenvalue weighted by Crippen LogP contribution is -2.27. The van der Waals surface area contributed by atoms with Crippen LogP contribution in [-0.4, -0.2) is 55.6 Å². The van der Waals surface area contributed by atoms with Crippen LogP contribution < -0.4 is 23.7 Å². The van der Waals surface area contributed by atoms with Crippen LogP contribution in [-0.2, 0) is 9.53 Å². The Kier molecular flexibility index (Phi) is 7.36.